The molecule has 0 aliphatic rings. The summed E-state index contributed by atoms with van der Waals surface area (Å²) in [5, 5.41) is 13.1. The van der Waals surface area contributed by atoms with Crippen LogP contribution in [0.4, 0.5) is 0 Å². The third-order valence-electron chi connectivity index (χ3n) is 20.7. The Morgan fingerprint density at radius 1 is 0.279 bits per heavy atom. The van der Waals surface area contributed by atoms with Crippen LogP contribution in [0.2, 0.25) is 0 Å². The molecule has 16 aromatic rings. The Balaban J connectivity index is 0.000000166. The fraction of sp³-hybridized carbons (Fsp3) is 0.527. The molecule has 0 aliphatic heterocycles. The third-order valence-corrected chi connectivity index (χ3v) is 20.7. The Hall–Kier alpha value is -13.2. The van der Waals surface area contributed by atoms with Crippen LogP contribution < -0.4 is 45.5 Å². The van der Waals surface area contributed by atoms with Gasteiger partial charge in [-0.3, -0.25) is 9.36 Å². The lowest BCUT2D eigenvalue weighted by atomic mass is 10.0. The van der Waals surface area contributed by atoms with E-state index in [4.69, 9.17) is 4.42 Å². The summed E-state index contributed by atoms with van der Waals surface area (Å²) < 4.78 is 27.9. The summed E-state index contributed by atoms with van der Waals surface area (Å²) in [4.78, 5) is 142. The van der Waals surface area contributed by atoms with Crippen molar-refractivity contribution in [3.8, 4) is 0 Å². The first-order valence-electron chi connectivity index (χ1n) is 44.3. The van der Waals surface area contributed by atoms with Crippen LogP contribution in [0, 0.1) is 0 Å². The summed E-state index contributed by atoms with van der Waals surface area (Å²) in [6, 6.07) is 20.4. The van der Waals surface area contributed by atoms with E-state index >= 15 is 0 Å². The monoisotopic (exact) mass is 1770 g/mol. The quantitative estimate of drug-likeness (QED) is 0.0867. The Morgan fingerprint density at radius 3 is 1.25 bits per heavy atom. The highest BCUT2D eigenvalue weighted by Gasteiger charge is 2.21. The molecule has 0 bridgehead atoms. The van der Waals surface area contributed by atoms with Crippen LogP contribution in [-0.4, -0.2) is 140 Å². The van der Waals surface area contributed by atoms with Gasteiger partial charge in [0.2, 0.25) is 0 Å². The Kier molecular flexibility index (Phi) is 32.5. The zero-order chi connectivity index (χ0) is 95.7. The minimum atomic E-state index is -0.309. The average Bonchev–Trinajstić information content (AvgIpc) is 1.32. The van der Waals surface area contributed by atoms with E-state index in [-0.39, 0.29) is 112 Å². The molecule has 0 saturated carbocycles. The lowest BCUT2D eigenvalue weighted by molar-refractivity contribution is 0.446. The van der Waals surface area contributed by atoms with Crippen molar-refractivity contribution in [1.82, 2.24) is 140 Å². The summed E-state index contributed by atoms with van der Waals surface area (Å²) in [7, 11) is 0. The highest BCUT2D eigenvalue weighted by atomic mass is 16.4. The molecule has 2 aromatic carbocycles. The van der Waals surface area contributed by atoms with Crippen LogP contribution >= 0.6 is 0 Å². The van der Waals surface area contributed by atoms with Crippen LogP contribution in [-0.2, 0) is 0 Å². The van der Waals surface area contributed by atoms with Gasteiger partial charge in [-0.25, -0.2) is 100 Å². The van der Waals surface area contributed by atoms with E-state index in [1.165, 1.54) is 46.2 Å². The molecule has 16 rings (SSSR count). The second kappa shape index (κ2) is 42.2. The molecular weight excluding hydrogens is 1640 g/mol. The second-order valence-corrected chi connectivity index (χ2v) is 36.4. The van der Waals surface area contributed by atoms with Crippen molar-refractivity contribution in [1.29, 1.82) is 0 Å². The van der Waals surface area contributed by atoms with E-state index in [2.05, 4.69) is 163 Å². The summed E-state index contributed by atoms with van der Waals surface area (Å²) in [5.74, 6) is 5.17. The molecule has 0 atom stereocenters. The van der Waals surface area contributed by atoms with Crippen LogP contribution in [0.25, 0.3) is 56.4 Å². The predicted molar refractivity (Wildman–Crippen MR) is 501 cm³/mol. The van der Waals surface area contributed by atoms with Crippen molar-refractivity contribution in [2.75, 3.05) is 0 Å². The van der Waals surface area contributed by atoms with Crippen molar-refractivity contribution >= 4 is 56.4 Å². The third kappa shape index (κ3) is 23.0. The molecule has 0 spiro atoms. The molecule has 0 N–H and O–H groups in total. The maximum absolute atomic E-state index is 11.8. The Morgan fingerprint density at radius 2 is 0.713 bits per heavy atom. The van der Waals surface area contributed by atoms with Gasteiger partial charge in [0.25, 0.3) is 22.9 Å². The molecule has 0 radical (unpaired) electrons. The van der Waals surface area contributed by atoms with Gasteiger partial charge in [-0.2, -0.15) is 45.1 Å². The molecule has 0 aliphatic carbocycles. The first kappa shape index (κ1) is 99.6. The second-order valence-electron chi connectivity index (χ2n) is 36.4. The number of hydrogen-bond acceptors (Lipinski definition) is 24. The molecule has 0 amide bonds. The zero-order valence-electron chi connectivity index (χ0n) is 80.7. The number of nitrogens with zero attached hydrogens (tertiary/aromatic N) is 29. The fourth-order valence-electron chi connectivity index (χ4n) is 13.6. The minimum Gasteiger partial charge on any atom is -0.408 e. The first-order chi connectivity index (χ1) is 60.5. The van der Waals surface area contributed by atoms with Crippen molar-refractivity contribution in [3.05, 3.63) is 233 Å². The highest BCUT2D eigenvalue weighted by molar-refractivity contribution is 5.76. The van der Waals surface area contributed by atoms with Gasteiger partial charge in [-0.05, 0) is 211 Å². The van der Waals surface area contributed by atoms with Crippen LogP contribution in [0.3, 0.4) is 0 Å². The van der Waals surface area contributed by atoms with Crippen molar-refractivity contribution in [2.24, 2.45) is 0 Å². The Labute approximate surface area is 747 Å². The van der Waals surface area contributed by atoms with Crippen molar-refractivity contribution in [2.45, 2.75) is 317 Å². The van der Waals surface area contributed by atoms with E-state index in [9.17, 15) is 38.4 Å². The fourth-order valence-corrected chi connectivity index (χ4v) is 13.6. The van der Waals surface area contributed by atoms with Crippen LogP contribution in [0.5, 0.6) is 0 Å². The maximum Gasteiger partial charge on any atom is 0.420 e. The van der Waals surface area contributed by atoms with Crippen LogP contribution in [0.15, 0.2) is 147 Å². The van der Waals surface area contributed by atoms with Gasteiger partial charge in [0.05, 0.1) is 82.8 Å². The van der Waals surface area contributed by atoms with Gasteiger partial charge in [0.1, 0.15) is 12.2 Å². The molecule has 0 fully saturated rings. The Bertz CT molecular complexity index is 6350. The molecule has 14 aromatic heterocycles. The zero-order valence-corrected chi connectivity index (χ0v) is 80.7. The molecule has 38 heteroatoms. The molecule has 129 heavy (non-hydrogen) atoms. The van der Waals surface area contributed by atoms with Crippen molar-refractivity contribution < 1.29 is 4.42 Å². The number of fused-ring (bicyclic) bond motifs is 8. The number of hydrogen-bond donors (Lipinski definition) is 0. The van der Waals surface area contributed by atoms with Gasteiger partial charge in [0, 0.05) is 42.5 Å². The van der Waals surface area contributed by atoms with E-state index in [1.54, 1.807) is 61.8 Å². The van der Waals surface area contributed by atoms with Gasteiger partial charge in [0.15, 0.2) is 28.3 Å². The summed E-state index contributed by atoms with van der Waals surface area (Å²) in [6.07, 6.45) is 12.0. The summed E-state index contributed by atoms with van der Waals surface area (Å²) in [6.45, 7) is 64.5. The van der Waals surface area contributed by atoms with E-state index in [1.807, 2.05) is 212 Å². The lowest BCUT2D eigenvalue weighted by Crippen LogP contribution is -2.24. The molecule has 0 saturated heterocycles. The number of aromatic nitrogens is 29. The maximum atomic E-state index is 11.8. The topological polar surface area (TPSA) is 409 Å². The average molecular weight is 1770 g/mol. The number of benzene rings is 2. The molecule has 14 heterocycles. The molecular formula is C91H129N29O9. The van der Waals surface area contributed by atoms with E-state index in [0.717, 1.165) is 33.5 Å². The van der Waals surface area contributed by atoms with Gasteiger partial charge < -0.3 is 8.98 Å². The van der Waals surface area contributed by atoms with E-state index in [0.29, 0.717) is 81.1 Å². The predicted octanol–water partition coefficient (Wildman–Crippen LogP) is 14.8. The van der Waals surface area contributed by atoms with E-state index < -0.39 is 0 Å². The number of oxazole rings is 1. The van der Waals surface area contributed by atoms with Gasteiger partial charge in [-0.15, -0.1) is 19.0 Å². The molecule has 38 nitrogen and oxygen atoms in total. The number of pyridine rings is 1. The first-order valence-corrected chi connectivity index (χ1v) is 44.3. The standard InChI is InChI=1S/C14H18N2O.C13H17NO2.C12H17N3O.2C11H16N4O.3C10H15N5O/c1-9(2)11-5-6-13-12(7-11)15-8-14(17)16(13)10(3)4;1-8(2)10-5-6-11-12(7-10)16-13(15)14(11)9(3)4;1-8(2)10-5-6-11-13-12(16)15(9(3)4)14(11)7-10;1-7(2)9-5-12-10-13-11(16)15(8(3)4)14(10)6-9;1-7(2)9-5-6-10-12-11(16)14(8(3)4)15(10)13-9;1-6(2)8-11-5-14-9(12-8)13-10(16)15(14)7(3)4;1-6(2)9-11-5-8-12-10(16)14(7(3)4)15(8)13-9;1-6(2)8-5-11-9-12-10(16)14(7(3)4)15(9)13-8/h5-10H,1-4H3;2*5-9H,1-4H3;2*5-8H,1-4H3;3*5-7H,1-4H3. The minimum absolute atomic E-state index is 0.0132. The lowest BCUT2D eigenvalue weighted by Gasteiger charge is -2.14. The van der Waals surface area contributed by atoms with Gasteiger partial charge >= 0.3 is 39.9 Å². The van der Waals surface area contributed by atoms with Crippen molar-refractivity contribution in [3.63, 3.8) is 0 Å². The molecule has 692 valence electrons. The summed E-state index contributed by atoms with van der Waals surface area (Å²) >= 11 is 0. The summed E-state index contributed by atoms with van der Waals surface area (Å²) in [5.41, 5.74) is 10.1. The smallest absolute Gasteiger partial charge is 0.408 e. The largest absolute Gasteiger partial charge is 0.420 e. The normalized spacial score (nSPS) is 11.8. The van der Waals surface area contributed by atoms with Gasteiger partial charge in [-0.1, -0.05) is 129 Å². The SMILES string of the molecule is CC(C)c1ccc2c(c1)ncc(=O)n2C(C)C.CC(C)c1ccc2c(c1)oc(=O)n2C(C)C.CC(C)c1ccc2nc(=O)n(C(C)C)n2c1.CC(C)c1ccc2nc(=O)n(C(C)C)n2n1.CC(C)c1cnc2nc(=O)n(C(C)C)n2c1.CC(C)c1cnc2nc(=O)n(C(C)C)n2n1.CC(C)c1ncc2nc(=O)n(C(C)C)n2n1.CC(C)c1ncn2c(n1)nc(=O)n2C(C)C. The molecule has 0 unspecified atom stereocenters. The highest BCUT2D eigenvalue weighted by Crippen LogP contribution is 2.25. The van der Waals surface area contributed by atoms with Crippen LogP contribution in [0.1, 0.15) is 363 Å². The number of rotatable bonds is 16.